The Morgan fingerprint density at radius 3 is 2.12 bits per heavy atom. The van der Waals surface area contributed by atoms with Crippen molar-refractivity contribution in [1.82, 2.24) is 0 Å². The monoisotopic (exact) mass is 241 g/mol. The van der Waals surface area contributed by atoms with Crippen molar-refractivity contribution in [3.05, 3.63) is 0 Å². The molecule has 2 N–H and O–H groups in total. The zero-order chi connectivity index (χ0) is 13.5. The SMILES string of the molecule is CC(C)CCC[C@](C)(CCC(C)N)C(C)C=O. The van der Waals surface area contributed by atoms with Gasteiger partial charge >= 0.3 is 0 Å². The molecule has 0 radical (unpaired) electrons. The largest absolute Gasteiger partial charge is 0.328 e. The molecule has 3 atom stereocenters. The highest BCUT2D eigenvalue weighted by molar-refractivity contribution is 5.54. The zero-order valence-electron chi connectivity index (χ0n) is 12.3. The third kappa shape index (κ3) is 6.82. The summed E-state index contributed by atoms with van der Waals surface area (Å²) in [5.41, 5.74) is 5.96. The van der Waals surface area contributed by atoms with Gasteiger partial charge in [0.25, 0.3) is 0 Å². The first-order chi connectivity index (χ1) is 7.81. The van der Waals surface area contributed by atoms with E-state index >= 15 is 0 Å². The molecule has 0 aliphatic heterocycles. The van der Waals surface area contributed by atoms with Crippen LogP contribution in [0, 0.1) is 17.3 Å². The van der Waals surface area contributed by atoms with Crippen molar-refractivity contribution >= 4 is 6.29 Å². The number of hydrogen-bond donors (Lipinski definition) is 1. The smallest absolute Gasteiger partial charge is 0.123 e. The summed E-state index contributed by atoms with van der Waals surface area (Å²) in [7, 11) is 0. The average Bonchev–Trinajstić information content (AvgIpc) is 2.24. The summed E-state index contributed by atoms with van der Waals surface area (Å²) < 4.78 is 0. The molecule has 0 rings (SSSR count). The predicted molar refractivity (Wildman–Crippen MR) is 74.9 cm³/mol. The highest BCUT2D eigenvalue weighted by atomic mass is 16.1. The van der Waals surface area contributed by atoms with Crippen molar-refractivity contribution in [2.75, 3.05) is 0 Å². The van der Waals surface area contributed by atoms with Gasteiger partial charge in [0, 0.05) is 12.0 Å². The summed E-state index contributed by atoms with van der Waals surface area (Å²) >= 11 is 0. The van der Waals surface area contributed by atoms with Crippen LogP contribution in [-0.4, -0.2) is 12.3 Å². The van der Waals surface area contributed by atoms with Crippen molar-refractivity contribution in [1.29, 1.82) is 0 Å². The average molecular weight is 241 g/mol. The van der Waals surface area contributed by atoms with Crippen LogP contribution < -0.4 is 5.73 Å². The second kappa shape index (κ2) is 7.86. The van der Waals surface area contributed by atoms with E-state index in [0.717, 1.165) is 31.5 Å². The van der Waals surface area contributed by atoms with Gasteiger partial charge in [-0.25, -0.2) is 0 Å². The maximum atomic E-state index is 11.1. The summed E-state index contributed by atoms with van der Waals surface area (Å²) in [6.45, 7) is 10.8. The van der Waals surface area contributed by atoms with E-state index in [1.54, 1.807) is 0 Å². The molecular weight excluding hydrogens is 210 g/mol. The Hall–Kier alpha value is -0.370. The molecule has 2 unspecified atom stereocenters. The Labute approximate surface area is 107 Å². The quantitative estimate of drug-likeness (QED) is 0.624. The Balaban J connectivity index is 4.33. The van der Waals surface area contributed by atoms with Crippen molar-refractivity contribution in [2.45, 2.75) is 72.8 Å². The van der Waals surface area contributed by atoms with E-state index in [1.165, 1.54) is 12.8 Å². The molecule has 2 nitrogen and oxygen atoms in total. The lowest BCUT2D eigenvalue weighted by Crippen LogP contribution is -2.29. The molecule has 2 heteroatoms. The molecule has 0 fully saturated rings. The highest BCUT2D eigenvalue weighted by Gasteiger charge is 2.30. The summed E-state index contributed by atoms with van der Waals surface area (Å²) in [5, 5.41) is 0. The van der Waals surface area contributed by atoms with Crippen LogP contribution in [0.5, 0.6) is 0 Å². The third-order valence-corrected chi connectivity index (χ3v) is 4.00. The lowest BCUT2D eigenvalue weighted by molar-refractivity contribution is -0.114. The van der Waals surface area contributed by atoms with Gasteiger partial charge in [-0.15, -0.1) is 0 Å². The van der Waals surface area contributed by atoms with Crippen LogP contribution in [-0.2, 0) is 4.79 Å². The predicted octanol–water partition coefficient (Wildman–Crippen LogP) is 3.78. The Kier molecular flexibility index (Phi) is 7.69. The number of nitrogens with two attached hydrogens (primary N) is 1. The van der Waals surface area contributed by atoms with Gasteiger partial charge in [0.1, 0.15) is 6.29 Å². The maximum Gasteiger partial charge on any atom is 0.123 e. The highest BCUT2D eigenvalue weighted by Crippen LogP contribution is 2.37. The number of hydrogen-bond acceptors (Lipinski definition) is 2. The van der Waals surface area contributed by atoms with Gasteiger partial charge in [0.15, 0.2) is 0 Å². The fourth-order valence-electron chi connectivity index (χ4n) is 2.22. The molecule has 102 valence electrons. The number of rotatable bonds is 9. The Bertz CT molecular complexity index is 213. The van der Waals surface area contributed by atoms with E-state index in [4.69, 9.17) is 5.73 Å². The van der Waals surface area contributed by atoms with Gasteiger partial charge in [-0.3, -0.25) is 0 Å². The first-order valence-electron chi connectivity index (χ1n) is 7.02. The van der Waals surface area contributed by atoms with Gasteiger partial charge in [0.2, 0.25) is 0 Å². The first kappa shape index (κ1) is 16.6. The molecule has 0 spiro atoms. The van der Waals surface area contributed by atoms with Crippen molar-refractivity contribution < 1.29 is 4.79 Å². The van der Waals surface area contributed by atoms with Gasteiger partial charge in [0.05, 0.1) is 0 Å². The van der Waals surface area contributed by atoms with Crippen LogP contribution in [0.4, 0.5) is 0 Å². The van der Waals surface area contributed by atoms with E-state index in [0.29, 0.717) is 0 Å². The molecule has 0 aromatic carbocycles. The minimum Gasteiger partial charge on any atom is -0.328 e. The van der Waals surface area contributed by atoms with Crippen LogP contribution in [0.25, 0.3) is 0 Å². The minimum absolute atomic E-state index is 0.129. The topological polar surface area (TPSA) is 43.1 Å². The lowest BCUT2D eigenvalue weighted by atomic mass is 9.71. The second-order valence-corrected chi connectivity index (χ2v) is 6.38. The number of carbonyl (C=O) groups is 1. The summed E-state index contributed by atoms with van der Waals surface area (Å²) in [6.07, 6.45) is 6.78. The van der Waals surface area contributed by atoms with E-state index in [-0.39, 0.29) is 17.4 Å². The standard InChI is InChI=1S/C15H31NO/c1-12(2)7-6-9-15(5,13(3)11-17)10-8-14(4)16/h11-14H,6-10,16H2,1-5H3/t13?,14?,15-/m1/s1. The fourth-order valence-corrected chi connectivity index (χ4v) is 2.22. The zero-order valence-corrected chi connectivity index (χ0v) is 12.3. The van der Waals surface area contributed by atoms with E-state index in [9.17, 15) is 4.79 Å². The second-order valence-electron chi connectivity index (χ2n) is 6.38. The number of aldehydes is 1. The van der Waals surface area contributed by atoms with Crippen LogP contribution in [0.15, 0.2) is 0 Å². The van der Waals surface area contributed by atoms with Crippen molar-refractivity contribution in [3.8, 4) is 0 Å². The van der Waals surface area contributed by atoms with Gasteiger partial charge < -0.3 is 10.5 Å². The molecule has 0 amide bonds. The Morgan fingerprint density at radius 1 is 1.12 bits per heavy atom. The van der Waals surface area contributed by atoms with Crippen molar-refractivity contribution in [3.63, 3.8) is 0 Å². The molecular formula is C15H31NO. The van der Waals surface area contributed by atoms with E-state index in [2.05, 4.69) is 20.8 Å². The molecule has 0 aromatic heterocycles. The lowest BCUT2D eigenvalue weighted by Gasteiger charge is -2.34. The molecule has 0 saturated carbocycles. The minimum atomic E-state index is 0.129. The molecule has 0 aromatic rings. The van der Waals surface area contributed by atoms with Crippen LogP contribution in [0.1, 0.15) is 66.7 Å². The van der Waals surface area contributed by atoms with E-state index in [1.807, 2.05) is 13.8 Å². The summed E-state index contributed by atoms with van der Waals surface area (Å²) in [4.78, 5) is 11.1. The maximum absolute atomic E-state index is 11.1. The number of carbonyl (C=O) groups excluding carboxylic acids is 1. The fraction of sp³-hybridized carbons (Fsp3) is 0.933. The van der Waals surface area contributed by atoms with Gasteiger partial charge in [-0.2, -0.15) is 0 Å². The third-order valence-electron chi connectivity index (χ3n) is 4.00. The molecule has 0 heterocycles. The Morgan fingerprint density at radius 2 is 1.71 bits per heavy atom. The molecule has 0 aliphatic rings. The van der Waals surface area contributed by atoms with Crippen LogP contribution in [0.3, 0.4) is 0 Å². The van der Waals surface area contributed by atoms with Gasteiger partial charge in [-0.1, -0.05) is 40.5 Å². The first-order valence-corrected chi connectivity index (χ1v) is 7.02. The summed E-state index contributed by atoms with van der Waals surface area (Å²) in [6, 6.07) is 0.235. The van der Waals surface area contributed by atoms with Crippen LogP contribution >= 0.6 is 0 Å². The molecule has 0 aliphatic carbocycles. The van der Waals surface area contributed by atoms with E-state index < -0.39 is 0 Å². The molecule has 0 bridgehead atoms. The molecule has 17 heavy (non-hydrogen) atoms. The summed E-state index contributed by atoms with van der Waals surface area (Å²) in [5.74, 6) is 0.882. The molecule has 0 saturated heterocycles. The normalized spacial score (nSPS) is 18.8. The van der Waals surface area contributed by atoms with Gasteiger partial charge in [-0.05, 0) is 37.5 Å². The van der Waals surface area contributed by atoms with Crippen molar-refractivity contribution in [2.24, 2.45) is 23.0 Å². The van der Waals surface area contributed by atoms with Crippen LogP contribution in [0.2, 0.25) is 0 Å².